The molecule has 0 fully saturated rings. The van der Waals surface area contributed by atoms with Crippen LogP contribution in [0.1, 0.15) is 27.2 Å². The summed E-state index contributed by atoms with van der Waals surface area (Å²) in [5.74, 6) is 0. The van der Waals surface area contributed by atoms with Crippen molar-refractivity contribution in [2.24, 2.45) is 0 Å². The van der Waals surface area contributed by atoms with E-state index in [2.05, 4.69) is 48.3 Å². The minimum absolute atomic E-state index is 0.804. The number of hydrogen-bond acceptors (Lipinski definition) is 3. The van der Waals surface area contributed by atoms with Gasteiger partial charge in [0.15, 0.2) is 0 Å². The SMILES string of the molecule is CCOCCCNc1ccc(N(CC)CC)cc1. The lowest BCUT2D eigenvalue weighted by Crippen LogP contribution is -2.21. The van der Waals surface area contributed by atoms with E-state index in [-0.39, 0.29) is 0 Å². The highest BCUT2D eigenvalue weighted by molar-refractivity contribution is 5.54. The summed E-state index contributed by atoms with van der Waals surface area (Å²) in [4.78, 5) is 2.35. The molecule has 0 heterocycles. The first-order valence-electron chi connectivity index (χ1n) is 6.98. The molecule has 18 heavy (non-hydrogen) atoms. The Bertz CT molecular complexity index is 307. The Morgan fingerprint density at radius 1 is 1.06 bits per heavy atom. The second kappa shape index (κ2) is 8.81. The van der Waals surface area contributed by atoms with E-state index in [1.54, 1.807) is 0 Å². The zero-order valence-electron chi connectivity index (χ0n) is 11.9. The normalized spacial score (nSPS) is 10.4. The standard InChI is InChI=1S/C15H26N2O/c1-4-17(5-2)15-10-8-14(9-11-15)16-12-7-13-18-6-3/h8-11,16H,4-7,12-13H2,1-3H3. The highest BCUT2D eigenvalue weighted by Crippen LogP contribution is 2.17. The second-order valence-electron chi connectivity index (χ2n) is 4.20. The topological polar surface area (TPSA) is 24.5 Å². The molecule has 0 spiro atoms. The van der Waals surface area contributed by atoms with E-state index in [0.29, 0.717) is 0 Å². The maximum Gasteiger partial charge on any atom is 0.0482 e. The van der Waals surface area contributed by atoms with Crippen molar-refractivity contribution in [1.29, 1.82) is 0 Å². The Hall–Kier alpha value is -1.22. The van der Waals surface area contributed by atoms with Gasteiger partial charge in [-0.1, -0.05) is 0 Å². The number of ether oxygens (including phenoxy) is 1. The van der Waals surface area contributed by atoms with E-state index in [9.17, 15) is 0 Å². The molecule has 0 bridgehead atoms. The molecule has 0 atom stereocenters. The number of nitrogens with one attached hydrogen (secondary N) is 1. The summed E-state index contributed by atoms with van der Waals surface area (Å²) >= 11 is 0. The first-order chi connectivity index (χ1) is 8.81. The molecule has 0 saturated carbocycles. The van der Waals surface area contributed by atoms with Gasteiger partial charge in [-0.2, -0.15) is 0 Å². The van der Waals surface area contributed by atoms with E-state index < -0.39 is 0 Å². The predicted octanol–water partition coefficient (Wildman–Crippen LogP) is 3.37. The lowest BCUT2D eigenvalue weighted by Gasteiger charge is -2.21. The van der Waals surface area contributed by atoms with Crippen molar-refractivity contribution in [3.8, 4) is 0 Å². The molecular weight excluding hydrogens is 224 g/mol. The number of rotatable bonds is 9. The van der Waals surface area contributed by atoms with Gasteiger partial charge in [-0.3, -0.25) is 0 Å². The number of nitrogens with zero attached hydrogens (tertiary/aromatic N) is 1. The second-order valence-corrected chi connectivity index (χ2v) is 4.20. The van der Waals surface area contributed by atoms with Crippen LogP contribution in [0.2, 0.25) is 0 Å². The van der Waals surface area contributed by atoms with Gasteiger partial charge in [-0.15, -0.1) is 0 Å². The fraction of sp³-hybridized carbons (Fsp3) is 0.600. The van der Waals surface area contributed by atoms with Crippen molar-refractivity contribution in [1.82, 2.24) is 0 Å². The first kappa shape index (κ1) is 14.8. The van der Waals surface area contributed by atoms with Gasteiger partial charge in [0.25, 0.3) is 0 Å². The van der Waals surface area contributed by atoms with Gasteiger partial charge in [-0.25, -0.2) is 0 Å². The average molecular weight is 250 g/mol. The third kappa shape index (κ3) is 4.96. The third-order valence-corrected chi connectivity index (χ3v) is 2.99. The summed E-state index contributed by atoms with van der Waals surface area (Å²) in [5.41, 5.74) is 2.47. The maximum atomic E-state index is 5.30. The number of hydrogen-bond donors (Lipinski definition) is 1. The minimum Gasteiger partial charge on any atom is -0.385 e. The van der Waals surface area contributed by atoms with Crippen LogP contribution < -0.4 is 10.2 Å². The quantitative estimate of drug-likeness (QED) is 0.680. The summed E-state index contributed by atoms with van der Waals surface area (Å²) in [6.45, 7) is 11.1. The van der Waals surface area contributed by atoms with Gasteiger partial charge in [-0.05, 0) is 51.5 Å². The molecule has 0 saturated heterocycles. The van der Waals surface area contributed by atoms with E-state index in [1.807, 2.05) is 6.92 Å². The van der Waals surface area contributed by atoms with Gasteiger partial charge in [0, 0.05) is 44.2 Å². The van der Waals surface area contributed by atoms with E-state index >= 15 is 0 Å². The Balaban J connectivity index is 2.35. The van der Waals surface area contributed by atoms with Crippen LogP contribution in [0, 0.1) is 0 Å². The molecule has 102 valence electrons. The van der Waals surface area contributed by atoms with Crippen molar-refractivity contribution in [3.63, 3.8) is 0 Å². The van der Waals surface area contributed by atoms with E-state index in [1.165, 1.54) is 11.4 Å². The summed E-state index contributed by atoms with van der Waals surface area (Å²) in [5, 5.41) is 3.41. The molecule has 0 aliphatic heterocycles. The molecule has 1 aromatic carbocycles. The third-order valence-electron chi connectivity index (χ3n) is 2.99. The van der Waals surface area contributed by atoms with E-state index in [4.69, 9.17) is 4.74 Å². The molecule has 0 aliphatic rings. The molecule has 3 nitrogen and oxygen atoms in total. The monoisotopic (exact) mass is 250 g/mol. The summed E-state index contributed by atoms with van der Waals surface area (Å²) in [7, 11) is 0. The fourth-order valence-electron chi connectivity index (χ4n) is 1.93. The Morgan fingerprint density at radius 3 is 2.28 bits per heavy atom. The van der Waals surface area contributed by atoms with Gasteiger partial charge >= 0.3 is 0 Å². The maximum absolute atomic E-state index is 5.30. The van der Waals surface area contributed by atoms with Gasteiger partial charge < -0.3 is 15.0 Å². The van der Waals surface area contributed by atoms with Gasteiger partial charge in [0.2, 0.25) is 0 Å². The predicted molar refractivity (Wildman–Crippen MR) is 79.6 cm³/mol. The largest absolute Gasteiger partial charge is 0.385 e. The molecule has 3 heteroatoms. The van der Waals surface area contributed by atoms with Crippen molar-refractivity contribution < 1.29 is 4.74 Å². The summed E-state index contributed by atoms with van der Waals surface area (Å²) in [6, 6.07) is 8.65. The number of benzene rings is 1. The van der Waals surface area contributed by atoms with E-state index in [0.717, 1.165) is 39.3 Å². The van der Waals surface area contributed by atoms with Crippen LogP contribution >= 0.6 is 0 Å². The Morgan fingerprint density at radius 2 is 1.72 bits per heavy atom. The van der Waals surface area contributed by atoms with Crippen molar-refractivity contribution in [3.05, 3.63) is 24.3 Å². The van der Waals surface area contributed by atoms with Gasteiger partial charge in [0.05, 0.1) is 0 Å². The Labute approximate surface area is 111 Å². The first-order valence-corrected chi connectivity index (χ1v) is 6.98. The molecule has 0 unspecified atom stereocenters. The average Bonchev–Trinajstić information content (AvgIpc) is 2.41. The van der Waals surface area contributed by atoms with Crippen LogP contribution in [-0.4, -0.2) is 32.8 Å². The zero-order chi connectivity index (χ0) is 13.2. The van der Waals surface area contributed by atoms with Crippen molar-refractivity contribution in [2.45, 2.75) is 27.2 Å². The van der Waals surface area contributed by atoms with Crippen LogP contribution in [-0.2, 0) is 4.74 Å². The van der Waals surface area contributed by atoms with Crippen LogP contribution in [0.5, 0.6) is 0 Å². The molecule has 0 aliphatic carbocycles. The molecular formula is C15H26N2O. The molecule has 0 aromatic heterocycles. The molecule has 0 radical (unpaired) electrons. The fourth-order valence-corrected chi connectivity index (χ4v) is 1.93. The molecule has 0 amide bonds. The molecule has 1 rings (SSSR count). The highest BCUT2D eigenvalue weighted by atomic mass is 16.5. The molecule has 1 aromatic rings. The van der Waals surface area contributed by atoms with Gasteiger partial charge in [0.1, 0.15) is 0 Å². The van der Waals surface area contributed by atoms with Crippen molar-refractivity contribution >= 4 is 11.4 Å². The number of anilines is 2. The van der Waals surface area contributed by atoms with Crippen LogP contribution in [0.25, 0.3) is 0 Å². The summed E-state index contributed by atoms with van der Waals surface area (Å²) in [6.07, 6.45) is 1.05. The smallest absolute Gasteiger partial charge is 0.0482 e. The van der Waals surface area contributed by atoms with Crippen LogP contribution in [0.4, 0.5) is 11.4 Å². The minimum atomic E-state index is 0.804. The highest BCUT2D eigenvalue weighted by Gasteiger charge is 2.00. The Kier molecular flexibility index (Phi) is 7.26. The zero-order valence-corrected chi connectivity index (χ0v) is 11.9. The van der Waals surface area contributed by atoms with Crippen LogP contribution in [0.3, 0.4) is 0 Å². The lowest BCUT2D eigenvalue weighted by atomic mass is 10.2. The lowest BCUT2D eigenvalue weighted by molar-refractivity contribution is 0.147. The van der Waals surface area contributed by atoms with Crippen molar-refractivity contribution in [2.75, 3.05) is 43.1 Å². The summed E-state index contributed by atoms with van der Waals surface area (Å²) < 4.78 is 5.30. The molecule has 1 N–H and O–H groups in total. The van der Waals surface area contributed by atoms with Crippen LogP contribution in [0.15, 0.2) is 24.3 Å².